The zero-order valence-corrected chi connectivity index (χ0v) is 9.87. The van der Waals surface area contributed by atoms with Crippen molar-refractivity contribution in [3.8, 4) is 11.1 Å². The van der Waals surface area contributed by atoms with Gasteiger partial charge in [-0.3, -0.25) is 4.79 Å². The quantitative estimate of drug-likeness (QED) is 0.757. The third-order valence-electron chi connectivity index (χ3n) is 2.29. The molecule has 0 aromatic heterocycles. The van der Waals surface area contributed by atoms with Gasteiger partial charge in [0.2, 0.25) is 0 Å². The highest BCUT2D eigenvalue weighted by Gasteiger charge is 2.08. The van der Waals surface area contributed by atoms with Gasteiger partial charge in [0.25, 0.3) is 0 Å². The number of rotatable bonds is 2. The third kappa shape index (κ3) is 2.04. The molecule has 2 aromatic rings. The van der Waals surface area contributed by atoms with Gasteiger partial charge in [0, 0.05) is 15.6 Å². The Morgan fingerprint density at radius 2 is 1.81 bits per heavy atom. The summed E-state index contributed by atoms with van der Waals surface area (Å²) in [5, 5.41) is 0. The molecule has 3 heteroatoms. The first-order valence-electron chi connectivity index (χ1n) is 4.72. The molecule has 0 radical (unpaired) electrons. The van der Waals surface area contributed by atoms with Gasteiger partial charge in [-0.15, -0.1) is 0 Å². The van der Waals surface area contributed by atoms with E-state index >= 15 is 0 Å². The molecule has 0 heterocycles. The van der Waals surface area contributed by atoms with Crippen LogP contribution < -0.4 is 0 Å². The first kappa shape index (κ1) is 11.0. The summed E-state index contributed by atoms with van der Waals surface area (Å²) in [5.74, 6) is -0.392. The maximum atomic E-state index is 13.7. The average Bonchev–Trinajstić information content (AvgIpc) is 2.30. The SMILES string of the molecule is O=Cc1ccc(-c2ccccc2Br)c(F)c1. The normalized spacial score (nSPS) is 10.1. The molecule has 0 amide bonds. The van der Waals surface area contributed by atoms with Crippen molar-refractivity contribution in [1.29, 1.82) is 0 Å². The van der Waals surface area contributed by atoms with Crippen LogP contribution in [0.4, 0.5) is 4.39 Å². The van der Waals surface area contributed by atoms with Crippen LogP contribution in [-0.2, 0) is 0 Å². The number of aldehydes is 1. The average molecular weight is 279 g/mol. The number of carbonyl (C=O) groups is 1. The van der Waals surface area contributed by atoms with E-state index < -0.39 is 5.82 Å². The molecular weight excluding hydrogens is 271 g/mol. The van der Waals surface area contributed by atoms with Crippen LogP contribution in [0, 0.1) is 5.82 Å². The van der Waals surface area contributed by atoms with E-state index in [4.69, 9.17) is 0 Å². The fourth-order valence-corrected chi connectivity index (χ4v) is 2.00. The summed E-state index contributed by atoms with van der Waals surface area (Å²) in [6.45, 7) is 0. The molecule has 2 aromatic carbocycles. The van der Waals surface area contributed by atoms with E-state index in [9.17, 15) is 9.18 Å². The summed E-state index contributed by atoms with van der Waals surface area (Å²) in [5.41, 5.74) is 1.60. The van der Waals surface area contributed by atoms with Crippen LogP contribution in [-0.4, -0.2) is 6.29 Å². The Morgan fingerprint density at radius 3 is 2.44 bits per heavy atom. The van der Waals surface area contributed by atoms with Crippen molar-refractivity contribution in [1.82, 2.24) is 0 Å². The highest BCUT2D eigenvalue weighted by molar-refractivity contribution is 9.10. The molecule has 2 rings (SSSR count). The highest BCUT2D eigenvalue weighted by Crippen LogP contribution is 2.30. The van der Waals surface area contributed by atoms with Crippen LogP contribution in [0.1, 0.15) is 10.4 Å². The molecule has 80 valence electrons. The van der Waals surface area contributed by atoms with Gasteiger partial charge in [-0.25, -0.2) is 4.39 Å². The zero-order chi connectivity index (χ0) is 11.5. The van der Waals surface area contributed by atoms with E-state index in [1.807, 2.05) is 24.3 Å². The molecular formula is C13H8BrFO. The maximum Gasteiger partial charge on any atom is 0.150 e. The molecule has 0 unspecified atom stereocenters. The molecule has 0 saturated heterocycles. The van der Waals surface area contributed by atoms with Gasteiger partial charge < -0.3 is 0 Å². The molecule has 16 heavy (non-hydrogen) atoms. The largest absolute Gasteiger partial charge is 0.298 e. The van der Waals surface area contributed by atoms with Crippen LogP contribution in [0.5, 0.6) is 0 Å². The smallest absolute Gasteiger partial charge is 0.150 e. The van der Waals surface area contributed by atoms with Gasteiger partial charge in [-0.2, -0.15) is 0 Å². The van der Waals surface area contributed by atoms with E-state index in [2.05, 4.69) is 15.9 Å². The van der Waals surface area contributed by atoms with E-state index in [0.717, 1.165) is 10.0 Å². The summed E-state index contributed by atoms with van der Waals surface area (Å²) < 4.78 is 14.5. The fraction of sp³-hybridized carbons (Fsp3) is 0. The van der Waals surface area contributed by atoms with Crippen molar-refractivity contribution in [3.63, 3.8) is 0 Å². The lowest BCUT2D eigenvalue weighted by atomic mass is 10.0. The standard InChI is InChI=1S/C13H8BrFO/c14-12-4-2-1-3-10(12)11-6-5-9(8-16)7-13(11)15/h1-8H. The van der Waals surface area contributed by atoms with Gasteiger partial charge >= 0.3 is 0 Å². The highest BCUT2D eigenvalue weighted by atomic mass is 79.9. The van der Waals surface area contributed by atoms with Crippen LogP contribution in [0.15, 0.2) is 46.9 Å². The second-order valence-corrected chi connectivity index (χ2v) is 4.19. The van der Waals surface area contributed by atoms with Crippen molar-refractivity contribution in [2.45, 2.75) is 0 Å². The molecule has 0 N–H and O–H groups in total. The van der Waals surface area contributed by atoms with Crippen LogP contribution in [0.3, 0.4) is 0 Å². The van der Waals surface area contributed by atoms with E-state index in [-0.39, 0.29) is 0 Å². The van der Waals surface area contributed by atoms with Gasteiger partial charge in [-0.05, 0) is 17.7 Å². The van der Waals surface area contributed by atoms with E-state index in [0.29, 0.717) is 17.4 Å². The minimum atomic E-state index is -0.392. The van der Waals surface area contributed by atoms with Gasteiger partial charge in [0.1, 0.15) is 12.1 Å². The molecule has 0 spiro atoms. The molecule has 0 aliphatic heterocycles. The molecule has 0 bridgehead atoms. The molecule has 0 atom stereocenters. The Kier molecular flexibility index (Phi) is 3.15. The van der Waals surface area contributed by atoms with Crippen molar-refractivity contribution in [2.24, 2.45) is 0 Å². The summed E-state index contributed by atoms with van der Waals surface area (Å²) in [7, 11) is 0. The number of hydrogen-bond acceptors (Lipinski definition) is 1. The Bertz CT molecular complexity index is 537. The Morgan fingerprint density at radius 1 is 1.06 bits per heavy atom. The zero-order valence-electron chi connectivity index (χ0n) is 8.28. The van der Waals surface area contributed by atoms with Crippen LogP contribution in [0.25, 0.3) is 11.1 Å². The van der Waals surface area contributed by atoms with Crippen molar-refractivity contribution in [3.05, 3.63) is 58.3 Å². The van der Waals surface area contributed by atoms with Crippen molar-refractivity contribution < 1.29 is 9.18 Å². The summed E-state index contributed by atoms with van der Waals surface area (Å²) >= 11 is 3.37. The van der Waals surface area contributed by atoms with Gasteiger partial charge in [0.15, 0.2) is 0 Å². The molecule has 0 saturated carbocycles. The minimum absolute atomic E-state index is 0.341. The third-order valence-corrected chi connectivity index (χ3v) is 2.98. The monoisotopic (exact) mass is 278 g/mol. The molecule has 0 aliphatic rings. The van der Waals surface area contributed by atoms with E-state index in [1.54, 1.807) is 12.1 Å². The Hall–Kier alpha value is -1.48. The first-order valence-corrected chi connectivity index (χ1v) is 5.51. The van der Waals surface area contributed by atoms with E-state index in [1.165, 1.54) is 6.07 Å². The fourth-order valence-electron chi connectivity index (χ4n) is 1.50. The number of benzene rings is 2. The van der Waals surface area contributed by atoms with Crippen molar-refractivity contribution in [2.75, 3.05) is 0 Å². The van der Waals surface area contributed by atoms with Crippen molar-refractivity contribution >= 4 is 22.2 Å². The second-order valence-electron chi connectivity index (χ2n) is 3.34. The lowest BCUT2D eigenvalue weighted by Crippen LogP contribution is -1.88. The predicted molar refractivity (Wildman–Crippen MR) is 64.9 cm³/mol. The Balaban J connectivity index is 2.57. The summed E-state index contributed by atoms with van der Waals surface area (Å²) in [6.07, 6.45) is 0.632. The predicted octanol–water partition coefficient (Wildman–Crippen LogP) is 4.07. The topological polar surface area (TPSA) is 17.1 Å². The summed E-state index contributed by atoms with van der Waals surface area (Å²) in [6, 6.07) is 11.8. The Labute approximate surface area is 101 Å². The van der Waals surface area contributed by atoms with Gasteiger partial charge in [-0.1, -0.05) is 46.3 Å². The number of hydrogen-bond donors (Lipinski definition) is 0. The van der Waals surface area contributed by atoms with Gasteiger partial charge in [0.05, 0.1) is 0 Å². The van der Waals surface area contributed by atoms with Crippen LogP contribution in [0.2, 0.25) is 0 Å². The summed E-state index contributed by atoms with van der Waals surface area (Å²) in [4.78, 5) is 10.5. The number of halogens is 2. The molecule has 0 aliphatic carbocycles. The number of carbonyl (C=O) groups excluding carboxylic acids is 1. The van der Waals surface area contributed by atoms with Crippen LogP contribution >= 0.6 is 15.9 Å². The minimum Gasteiger partial charge on any atom is -0.298 e. The lowest BCUT2D eigenvalue weighted by Gasteiger charge is -2.06. The molecule has 1 nitrogen and oxygen atoms in total. The first-order chi connectivity index (χ1) is 7.72. The molecule has 0 fully saturated rings. The second kappa shape index (κ2) is 4.58. The maximum absolute atomic E-state index is 13.7. The lowest BCUT2D eigenvalue weighted by molar-refractivity contribution is 0.112.